The van der Waals surface area contributed by atoms with Gasteiger partial charge in [-0.1, -0.05) is 0 Å². The second-order valence-electron chi connectivity index (χ2n) is 3.74. The normalized spacial score (nSPS) is 11.1. The number of aromatic amines is 1. The number of H-pyrrole nitrogens is 1. The van der Waals surface area contributed by atoms with E-state index in [9.17, 15) is 0 Å². The van der Waals surface area contributed by atoms with E-state index in [0.717, 1.165) is 23.3 Å². The summed E-state index contributed by atoms with van der Waals surface area (Å²) in [5.74, 6) is 0.823. The molecule has 0 fully saturated rings. The average molecular weight is 205 g/mol. The molecule has 0 saturated carbocycles. The number of aromatic nitrogens is 2. The number of nitrogens with one attached hydrogen (secondary N) is 1. The standard InChI is InChI=1S/C11H15N3O/c1-14(2)5-6-15-10-7-9-3-4-12-11(9)13-8-10/h3-4,7-8H,5-6H2,1-2H3,(H,12,13). The maximum atomic E-state index is 5.58. The lowest BCUT2D eigenvalue weighted by atomic mass is 10.3. The molecule has 80 valence electrons. The predicted molar refractivity (Wildman–Crippen MR) is 60.1 cm³/mol. The number of nitrogens with zero attached hydrogens (tertiary/aromatic N) is 2. The first-order valence-corrected chi connectivity index (χ1v) is 4.96. The number of likely N-dealkylation sites (N-methyl/N-ethyl adjacent to an activating group) is 1. The molecular formula is C11H15N3O. The van der Waals surface area contributed by atoms with Crippen LogP contribution >= 0.6 is 0 Å². The number of hydrogen-bond donors (Lipinski definition) is 1. The summed E-state index contributed by atoms with van der Waals surface area (Å²) >= 11 is 0. The molecule has 4 nitrogen and oxygen atoms in total. The lowest BCUT2D eigenvalue weighted by molar-refractivity contribution is 0.261. The topological polar surface area (TPSA) is 41.1 Å². The zero-order valence-electron chi connectivity index (χ0n) is 9.03. The van der Waals surface area contributed by atoms with Crippen molar-refractivity contribution in [1.29, 1.82) is 0 Å². The van der Waals surface area contributed by atoms with Gasteiger partial charge in [0.15, 0.2) is 0 Å². The smallest absolute Gasteiger partial charge is 0.138 e. The van der Waals surface area contributed by atoms with Crippen molar-refractivity contribution in [2.75, 3.05) is 27.2 Å². The largest absolute Gasteiger partial charge is 0.491 e. The average Bonchev–Trinajstić information content (AvgIpc) is 2.64. The first kappa shape index (κ1) is 9.98. The first-order valence-electron chi connectivity index (χ1n) is 4.96. The molecule has 0 atom stereocenters. The van der Waals surface area contributed by atoms with Gasteiger partial charge in [-0.3, -0.25) is 0 Å². The highest BCUT2D eigenvalue weighted by Gasteiger charge is 1.99. The highest BCUT2D eigenvalue weighted by molar-refractivity contribution is 5.76. The maximum Gasteiger partial charge on any atom is 0.138 e. The van der Waals surface area contributed by atoms with E-state index in [-0.39, 0.29) is 0 Å². The lowest BCUT2D eigenvalue weighted by Crippen LogP contribution is -2.19. The monoisotopic (exact) mass is 205 g/mol. The summed E-state index contributed by atoms with van der Waals surface area (Å²) in [4.78, 5) is 9.38. The van der Waals surface area contributed by atoms with E-state index in [1.165, 1.54) is 0 Å². The summed E-state index contributed by atoms with van der Waals surface area (Å²) < 4.78 is 5.58. The quantitative estimate of drug-likeness (QED) is 0.822. The van der Waals surface area contributed by atoms with Gasteiger partial charge in [0.25, 0.3) is 0 Å². The zero-order valence-corrected chi connectivity index (χ0v) is 9.03. The summed E-state index contributed by atoms with van der Waals surface area (Å²) in [6, 6.07) is 3.98. The van der Waals surface area contributed by atoms with Crippen LogP contribution in [0, 0.1) is 0 Å². The van der Waals surface area contributed by atoms with Crippen LogP contribution in [0.4, 0.5) is 0 Å². The fraction of sp³-hybridized carbons (Fsp3) is 0.364. The molecule has 15 heavy (non-hydrogen) atoms. The Hall–Kier alpha value is -1.55. The molecule has 2 heterocycles. The van der Waals surface area contributed by atoms with Gasteiger partial charge in [0, 0.05) is 18.1 Å². The summed E-state index contributed by atoms with van der Waals surface area (Å²) in [5.41, 5.74) is 0.898. The third-order valence-electron chi connectivity index (χ3n) is 2.18. The molecule has 2 aromatic heterocycles. The molecule has 0 aromatic carbocycles. The molecule has 0 amide bonds. The molecule has 0 aliphatic rings. The Labute approximate surface area is 88.9 Å². The number of pyridine rings is 1. The van der Waals surface area contributed by atoms with Gasteiger partial charge in [0.05, 0.1) is 6.20 Å². The van der Waals surface area contributed by atoms with Crippen LogP contribution in [0.3, 0.4) is 0 Å². The van der Waals surface area contributed by atoms with Crippen molar-refractivity contribution >= 4 is 11.0 Å². The summed E-state index contributed by atoms with van der Waals surface area (Å²) in [7, 11) is 4.05. The van der Waals surface area contributed by atoms with Gasteiger partial charge in [0.2, 0.25) is 0 Å². The van der Waals surface area contributed by atoms with E-state index in [0.29, 0.717) is 6.61 Å². The Kier molecular flexibility index (Phi) is 2.87. The van der Waals surface area contributed by atoms with Crippen LogP contribution in [0.1, 0.15) is 0 Å². The lowest BCUT2D eigenvalue weighted by Gasteiger charge is -2.10. The molecule has 0 radical (unpaired) electrons. The Morgan fingerprint density at radius 2 is 2.33 bits per heavy atom. The van der Waals surface area contributed by atoms with Crippen molar-refractivity contribution in [3.05, 3.63) is 24.5 Å². The van der Waals surface area contributed by atoms with Gasteiger partial charge in [-0.05, 0) is 26.2 Å². The summed E-state index contributed by atoms with van der Waals surface area (Å²) in [6.45, 7) is 1.59. The molecule has 2 aromatic rings. The van der Waals surface area contributed by atoms with E-state index in [4.69, 9.17) is 4.74 Å². The van der Waals surface area contributed by atoms with Crippen LogP contribution in [0.2, 0.25) is 0 Å². The van der Waals surface area contributed by atoms with Crippen molar-refractivity contribution in [2.45, 2.75) is 0 Å². The fourth-order valence-electron chi connectivity index (χ4n) is 1.34. The number of rotatable bonds is 4. The molecule has 0 saturated heterocycles. The minimum absolute atomic E-state index is 0.685. The van der Waals surface area contributed by atoms with Crippen molar-refractivity contribution in [3.63, 3.8) is 0 Å². The Morgan fingerprint density at radius 3 is 3.13 bits per heavy atom. The molecule has 0 bridgehead atoms. The van der Waals surface area contributed by atoms with Crippen LogP contribution in [0.15, 0.2) is 24.5 Å². The second kappa shape index (κ2) is 4.31. The van der Waals surface area contributed by atoms with Crippen molar-refractivity contribution in [2.24, 2.45) is 0 Å². The van der Waals surface area contributed by atoms with Gasteiger partial charge < -0.3 is 14.6 Å². The number of hydrogen-bond acceptors (Lipinski definition) is 3. The number of ether oxygens (including phenoxy) is 1. The van der Waals surface area contributed by atoms with Crippen molar-refractivity contribution in [3.8, 4) is 5.75 Å². The third kappa shape index (κ3) is 2.47. The van der Waals surface area contributed by atoms with Crippen LogP contribution in [-0.2, 0) is 0 Å². The molecule has 4 heteroatoms. The van der Waals surface area contributed by atoms with Crippen molar-refractivity contribution in [1.82, 2.24) is 14.9 Å². The van der Waals surface area contributed by atoms with Crippen molar-refractivity contribution < 1.29 is 4.74 Å². The first-order chi connectivity index (χ1) is 7.25. The highest BCUT2D eigenvalue weighted by Crippen LogP contribution is 2.16. The predicted octanol–water partition coefficient (Wildman–Crippen LogP) is 1.50. The second-order valence-corrected chi connectivity index (χ2v) is 3.74. The van der Waals surface area contributed by atoms with Gasteiger partial charge in [-0.2, -0.15) is 0 Å². The van der Waals surface area contributed by atoms with Crippen LogP contribution in [0.5, 0.6) is 5.75 Å². The molecule has 0 aliphatic heterocycles. The minimum atomic E-state index is 0.685. The van der Waals surface area contributed by atoms with Gasteiger partial charge in [-0.15, -0.1) is 0 Å². The molecular weight excluding hydrogens is 190 g/mol. The zero-order chi connectivity index (χ0) is 10.7. The van der Waals surface area contributed by atoms with E-state index in [2.05, 4.69) is 14.9 Å². The van der Waals surface area contributed by atoms with Crippen LogP contribution in [0.25, 0.3) is 11.0 Å². The maximum absolute atomic E-state index is 5.58. The molecule has 1 N–H and O–H groups in total. The van der Waals surface area contributed by atoms with Gasteiger partial charge in [-0.25, -0.2) is 4.98 Å². The highest BCUT2D eigenvalue weighted by atomic mass is 16.5. The van der Waals surface area contributed by atoms with Crippen LogP contribution in [-0.4, -0.2) is 42.1 Å². The Balaban J connectivity index is 2.02. The van der Waals surface area contributed by atoms with E-state index < -0.39 is 0 Å². The number of fused-ring (bicyclic) bond motifs is 1. The van der Waals surface area contributed by atoms with E-state index in [1.807, 2.05) is 32.4 Å². The third-order valence-corrected chi connectivity index (χ3v) is 2.18. The fourth-order valence-corrected chi connectivity index (χ4v) is 1.34. The van der Waals surface area contributed by atoms with Crippen LogP contribution < -0.4 is 4.74 Å². The van der Waals surface area contributed by atoms with Gasteiger partial charge in [0.1, 0.15) is 18.0 Å². The molecule has 0 spiro atoms. The Morgan fingerprint density at radius 1 is 1.47 bits per heavy atom. The van der Waals surface area contributed by atoms with E-state index in [1.54, 1.807) is 6.20 Å². The van der Waals surface area contributed by atoms with Gasteiger partial charge >= 0.3 is 0 Å². The Bertz CT molecular complexity index is 436. The van der Waals surface area contributed by atoms with E-state index >= 15 is 0 Å². The molecule has 2 rings (SSSR count). The summed E-state index contributed by atoms with van der Waals surface area (Å²) in [6.07, 6.45) is 3.62. The molecule has 0 unspecified atom stereocenters. The summed E-state index contributed by atoms with van der Waals surface area (Å²) in [5, 5.41) is 1.08. The minimum Gasteiger partial charge on any atom is -0.491 e. The molecule has 0 aliphatic carbocycles. The SMILES string of the molecule is CN(C)CCOc1cnc2[nH]ccc2c1.